The number of halogens is 1. The molecule has 1 aliphatic heterocycles. The van der Waals surface area contributed by atoms with Crippen LogP contribution in [-0.2, 0) is 4.74 Å². The fourth-order valence-corrected chi connectivity index (χ4v) is 2.18. The summed E-state index contributed by atoms with van der Waals surface area (Å²) >= 11 is 3.37. The van der Waals surface area contributed by atoms with Crippen molar-refractivity contribution in [2.45, 2.75) is 25.9 Å². The smallest absolute Gasteiger partial charge is 0.311 e. The van der Waals surface area contributed by atoms with Crippen LogP contribution >= 0.6 is 15.9 Å². The van der Waals surface area contributed by atoms with Crippen molar-refractivity contribution in [1.29, 1.82) is 0 Å². The minimum absolute atomic E-state index is 0.00736. The first-order chi connectivity index (χ1) is 8.58. The van der Waals surface area contributed by atoms with Gasteiger partial charge in [-0.1, -0.05) is 15.9 Å². The monoisotopic (exact) mass is 315 g/mol. The van der Waals surface area contributed by atoms with Gasteiger partial charge in [0.05, 0.1) is 18.1 Å². The molecule has 0 unspecified atom stereocenters. The van der Waals surface area contributed by atoms with E-state index in [1.54, 1.807) is 6.07 Å². The topological polar surface area (TPSA) is 61.6 Å². The summed E-state index contributed by atoms with van der Waals surface area (Å²) in [7, 11) is 0. The van der Waals surface area contributed by atoms with Gasteiger partial charge in [-0.2, -0.15) is 0 Å². The molecule has 0 amide bonds. The first-order valence-corrected chi connectivity index (χ1v) is 6.56. The Kier molecular flexibility index (Phi) is 4.19. The van der Waals surface area contributed by atoms with Crippen LogP contribution in [0.2, 0.25) is 0 Å². The highest BCUT2D eigenvalue weighted by molar-refractivity contribution is 9.10. The fraction of sp³-hybridized carbons (Fsp3) is 0.500. The molecule has 0 atom stereocenters. The summed E-state index contributed by atoms with van der Waals surface area (Å²) in [4.78, 5) is 10.6. The largest absolute Gasteiger partial charge is 0.483 e. The highest BCUT2D eigenvalue weighted by Crippen LogP contribution is 2.34. The van der Waals surface area contributed by atoms with Crippen molar-refractivity contribution in [1.82, 2.24) is 0 Å². The molecular formula is C12H14BrNO4. The summed E-state index contributed by atoms with van der Waals surface area (Å²) in [5.74, 6) is 0.323. The number of rotatable bonds is 3. The number of aryl methyl sites for hydroxylation is 1. The van der Waals surface area contributed by atoms with Crippen LogP contribution in [-0.4, -0.2) is 24.2 Å². The van der Waals surface area contributed by atoms with Crippen molar-refractivity contribution in [3.63, 3.8) is 0 Å². The summed E-state index contributed by atoms with van der Waals surface area (Å²) in [5, 5.41) is 11.0. The van der Waals surface area contributed by atoms with Gasteiger partial charge in [0.2, 0.25) is 0 Å². The number of nitro benzene ring substituents is 1. The summed E-state index contributed by atoms with van der Waals surface area (Å²) < 4.78 is 11.8. The Morgan fingerprint density at radius 2 is 2.11 bits per heavy atom. The van der Waals surface area contributed by atoms with Crippen LogP contribution in [0.15, 0.2) is 16.6 Å². The maximum atomic E-state index is 11.0. The molecule has 6 heteroatoms. The Morgan fingerprint density at radius 1 is 1.44 bits per heavy atom. The van der Waals surface area contributed by atoms with E-state index < -0.39 is 4.92 Å². The van der Waals surface area contributed by atoms with Gasteiger partial charge in [0.15, 0.2) is 5.75 Å². The van der Waals surface area contributed by atoms with Gasteiger partial charge < -0.3 is 9.47 Å². The molecule has 5 nitrogen and oxygen atoms in total. The molecule has 2 rings (SSSR count). The minimum atomic E-state index is -0.409. The Bertz CT molecular complexity index is 458. The minimum Gasteiger partial charge on any atom is -0.483 e. The van der Waals surface area contributed by atoms with Gasteiger partial charge in [0, 0.05) is 29.4 Å². The third-order valence-corrected chi connectivity index (χ3v) is 3.75. The fourth-order valence-electron chi connectivity index (χ4n) is 1.86. The van der Waals surface area contributed by atoms with Crippen LogP contribution in [0.5, 0.6) is 5.75 Å². The van der Waals surface area contributed by atoms with Gasteiger partial charge in [-0.05, 0) is 12.5 Å². The maximum absolute atomic E-state index is 11.0. The lowest BCUT2D eigenvalue weighted by Crippen LogP contribution is -2.26. The summed E-state index contributed by atoms with van der Waals surface area (Å²) in [5.41, 5.74) is 0.836. The van der Waals surface area contributed by atoms with E-state index >= 15 is 0 Å². The average molecular weight is 316 g/mol. The predicted octanol–water partition coefficient (Wildman–Crippen LogP) is 3.22. The van der Waals surface area contributed by atoms with Gasteiger partial charge in [0.1, 0.15) is 6.10 Å². The number of hydrogen-bond donors (Lipinski definition) is 0. The van der Waals surface area contributed by atoms with Crippen LogP contribution < -0.4 is 4.74 Å². The van der Waals surface area contributed by atoms with E-state index in [-0.39, 0.29) is 11.8 Å². The second-order valence-electron chi connectivity index (χ2n) is 4.26. The Balaban J connectivity index is 2.24. The molecule has 0 radical (unpaired) electrons. The Labute approximate surface area is 113 Å². The highest BCUT2D eigenvalue weighted by atomic mass is 79.9. The molecule has 1 saturated heterocycles. The highest BCUT2D eigenvalue weighted by Gasteiger charge is 2.22. The van der Waals surface area contributed by atoms with Gasteiger partial charge >= 0.3 is 5.69 Å². The molecule has 0 spiro atoms. The predicted molar refractivity (Wildman–Crippen MR) is 70.0 cm³/mol. The van der Waals surface area contributed by atoms with E-state index in [9.17, 15) is 10.1 Å². The zero-order valence-electron chi connectivity index (χ0n) is 10.0. The molecule has 1 aromatic rings. The lowest BCUT2D eigenvalue weighted by atomic mass is 10.1. The second-order valence-corrected chi connectivity index (χ2v) is 5.11. The van der Waals surface area contributed by atoms with E-state index in [0.29, 0.717) is 19.0 Å². The van der Waals surface area contributed by atoms with Crippen LogP contribution in [0.3, 0.4) is 0 Å². The number of benzene rings is 1. The van der Waals surface area contributed by atoms with E-state index in [1.807, 2.05) is 6.92 Å². The standard InChI is InChI=1S/C12H14BrNO4/c1-8-6-11(14(15)16)12(7-10(8)13)18-9-2-4-17-5-3-9/h6-7,9H,2-5H2,1H3. The summed E-state index contributed by atoms with van der Waals surface area (Å²) in [6, 6.07) is 3.20. The van der Waals surface area contributed by atoms with Crippen molar-refractivity contribution < 1.29 is 14.4 Å². The van der Waals surface area contributed by atoms with Gasteiger partial charge in [-0.15, -0.1) is 0 Å². The molecule has 0 aromatic heterocycles. The van der Waals surface area contributed by atoms with E-state index in [4.69, 9.17) is 9.47 Å². The zero-order valence-corrected chi connectivity index (χ0v) is 11.6. The van der Waals surface area contributed by atoms with E-state index in [2.05, 4.69) is 15.9 Å². The van der Waals surface area contributed by atoms with Crippen molar-refractivity contribution in [3.05, 3.63) is 32.3 Å². The molecule has 0 N–H and O–H groups in total. The second kappa shape index (κ2) is 5.67. The summed E-state index contributed by atoms with van der Waals surface area (Å²) in [6.07, 6.45) is 1.53. The lowest BCUT2D eigenvalue weighted by Gasteiger charge is -2.23. The lowest BCUT2D eigenvalue weighted by molar-refractivity contribution is -0.386. The quantitative estimate of drug-likeness (QED) is 0.634. The molecule has 0 bridgehead atoms. The zero-order chi connectivity index (χ0) is 13.1. The molecule has 1 aromatic carbocycles. The molecular weight excluding hydrogens is 302 g/mol. The third-order valence-electron chi connectivity index (χ3n) is 2.90. The Hall–Kier alpha value is -1.14. The number of ether oxygens (including phenoxy) is 2. The molecule has 0 aliphatic carbocycles. The summed E-state index contributed by atoms with van der Waals surface area (Å²) in [6.45, 7) is 3.10. The first kappa shape index (κ1) is 13.3. The normalized spacial score (nSPS) is 16.6. The van der Waals surface area contributed by atoms with Crippen molar-refractivity contribution in [2.24, 2.45) is 0 Å². The van der Waals surface area contributed by atoms with Crippen LogP contribution in [0, 0.1) is 17.0 Å². The molecule has 1 fully saturated rings. The number of nitro groups is 1. The van der Waals surface area contributed by atoms with Crippen LogP contribution in [0.4, 0.5) is 5.69 Å². The molecule has 1 heterocycles. The number of nitrogens with zero attached hydrogens (tertiary/aromatic N) is 1. The Morgan fingerprint density at radius 3 is 2.72 bits per heavy atom. The molecule has 18 heavy (non-hydrogen) atoms. The molecule has 1 aliphatic rings. The van der Waals surface area contributed by atoms with E-state index in [0.717, 1.165) is 22.9 Å². The van der Waals surface area contributed by atoms with Crippen LogP contribution in [0.1, 0.15) is 18.4 Å². The molecule has 0 saturated carbocycles. The third kappa shape index (κ3) is 3.00. The van der Waals surface area contributed by atoms with Crippen molar-refractivity contribution >= 4 is 21.6 Å². The van der Waals surface area contributed by atoms with Crippen molar-refractivity contribution in [3.8, 4) is 5.75 Å². The van der Waals surface area contributed by atoms with Gasteiger partial charge in [-0.25, -0.2) is 0 Å². The first-order valence-electron chi connectivity index (χ1n) is 5.77. The average Bonchev–Trinajstić information content (AvgIpc) is 2.34. The number of hydrogen-bond acceptors (Lipinski definition) is 4. The van der Waals surface area contributed by atoms with Gasteiger partial charge in [-0.3, -0.25) is 10.1 Å². The molecule has 98 valence electrons. The maximum Gasteiger partial charge on any atom is 0.311 e. The van der Waals surface area contributed by atoms with Crippen LogP contribution in [0.25, 0.3) is 0 Å². The SMILES string of the molecule is Cc1cc([N+](=O)[O-])c(OC2CCOCC2)cc1Br. The van der Waals surface area contributed by atoms with Gasteiger partial charge in [0.25, 0.3) is 0 Å². The van der Waals surface area contributed by atoms with Crippen molar-refractivity contribution in [2.75, 3.05) is 13.2 Å². The van der Waals surface area contributed by atoms with E-state index in [1.165, 1.54) is 6.07 Å².